The lowest BCUT2D eigenvalue weighted by molar-refractivity contribution is -0.946. The van der Waals surface area contributed by atoms with Crippen molar-refractivity contribution < 1.29 is 8.87 Å². The Kier molecular flexibility index (Phi) is 7.16. The van der Waals surface area contributed by atoms with Crippen LogP contribution in [-0.2, 0) is 4.75 Å². The van der Waals surface area contributed by atoms with Crippen LogP contribution in [0.3, 0.4) is 0 Å². The number of quaternary nitrogens is 1. The van der Waals surface area contributed by atoms with Gasteiger partial charge in [0.05, 0.1) is 30.4 Å². The third-order valence-electron chi connectivity index (χ3n) is 9.39. The molecule has 0 aliphatic carbocycles. The average molecular weight is 523 g/mol. The summed E-state index contributed by atoms with van der Waals surface area (Å²) in [5.74, 6) is 1.51. The van der Waals surface area contributed by atoms with Crippen molar-refractivity contribution in [2.24, 2.45) is 0 Å². The van der Waals surface area contributed by atoms with Crippen molar-refractivity contribution in [3.8, 4) is 0 Å². The zero-order valence-corrected chi connectivity index (χ0v) is 23.0. The van der Waals surface area contributed by atoms with Gasteiger partial charge in [0.25, 0.3) is 0 Å². The highest BCUT2D eigenvalue weighted by Gasteiger charge is 2.51. The highest BCUT2D eigenvalue weighted by Crippen LogP contribution is 2.51. The molecule has 1 nitrogen and oxygen atoms in total. The number of thioether (sulfide) groups is 1. The number of benzene rings is 4. The van der Waals surface area contributed by atoms with Crippen LogP contribution in [0.5, 0.6) is 0 Å². The first-order valence-corrected chi connectivity index (χ1v) is 15.0. The van der Waals surface area contributed by atoms with Crippen molar-refractivity contribution in [3.05, 3.63) is 143 Å². The van der Waals surface area contributed by atoms with Gasteiger partial charge >= 0.3 is 0 Å². The highest BCUT2D eigenvalue weighted by molar-refractivity contribution is 8.00. The number of hydrogen-bond donors (Lipinski definition) is 0. The van der Waals surface area contributed by atoms with Gasteiger partial charge in [0.2, 0.25) is 0 Å². The maximum absolute atomic E-state index is 13.5. The second kappa shape index (κ2) is 10.7. The lowest BCUT2D eigenvalue weighted by Crippen LogP contribution is -2.58. The lowest BCUT2D eigenvalue weighted by atomic mass is 9.83. The Bertz CT molecular complexity index is 1210. The van der Waals surface area contributed by atoms with Gasteiger partial charge in [-0.05, 0) is 40.3 Å². The van der Waals surface area contributed by atoms with Crippen LogP contribution in [0.15, 0.2) is 115 Å². The van der Waals surface area contributed by atoms with Crippen LogP contribution in [0.25, 0.3) is 0 Å². The largest absolute Gasteiger partial charge is 0.320 e. The number of hydrogen-bond acceptors (Lipinski definition) is 1. The van der Waals surface area contributed by atoms with Gasteiger partial charge in [0.1, 0.15) is 5.82 Å². The summed E-state index contributed by atoms with van der Waals surface area (Å²) in [4.78, 5) is 0. The van der Waals surface area contributed by atoms with Gasteiger partial charge in [0.15, 0.2) is 0 Å². The first kappa shape index (κ1) is 25.4. The van der Waals surface area contributed by atoms with Crippen molar-refractivity contribution in [3.63, 3.8) is 0 Å². The molecule has 0 radical (unpaired) electrons. The average Bonchev–Trinajstić information content (AvgIpc) is 3.12. The van der Waals surface area contributed by atoms with Gasteiger partial charge in [0, 0.05) is 31.4 Å². The molecule has 4 aromatic rings. The lowest BCUT2D eigenvalue weighted by Gasteiger charge is -2.48. The Hall–Kier alpha value is -2.88. The molecule has 3 heteroatoms. The molecule has 0 aromatic heterocycles. The molecular formula is C35H37FNS+. The summed E-state index contributed by atoms with van der Waals surface area (Å²) in [5.41, 5.74) is 5.33. The fraction of sp³-hybridized carbons (Fsp3) is 0.314. The molecular weight excluding hydrogens is 485 g/mol. The second-order valence-electron chi connectivity index (χ2n) is 11.3. The Labute approximate surface area is 231 Å². The first-order valence-electron chi connectivity index (χ1n) is 14.0. The van der Waals surface area contributed by atoms with E-state index in [1.54, 1.807) is 12.1 Å². The fourth-order valence-electron chi connectivity index (χ4n) is 7.28. The molecule has 0 N–H and O–H groups in total. The van der Waals surface area contributed by atoms with E-state index in [1.165, 1.54) is 59.0 Å². The number of piperidine rings is 1. The molecule has 2 fully saturated rings. The van der Waals surface area contributed by atoms with Gasteiger partial charge in [-0.25, -0.2) is 4.39 Å². The molecule has 6 rings (SSSR count). The fourth-order valence-corrected chi connectivity index (χ4v) is 8.98. The van der Waals surface area contributed by atoms with Crippen LogP contribution in [0.4, 0.5) is 4.39 Å². The van der Waals surface area contributed by atoms with E-state index in [-0.39, 0.29) is 10.6 Å². The van der Waals surface area contributed by atoms with E-state index in [9.17, 15) is 4.39 Å². The van der Waals surface area contributed by atoms with E-state index >= 15 is 0 Å². The summed E-state index contributed by atoms with van der Waals surface area (Å²) < 4.78 is 14.5. The summed E-state index contributed by atoms with van der Waals surface area (Å²) in [5, 5.41) is 0. The van der Waals surface area contributed by atoms with Gasteiger partial charge in [-0.3, -0.25) is 0 Å². The Morgan fingerprint density at radius 2 is 1.13 bits per heavy atom. The van der Waals surface area contributed by atoms with E-state index in [2.05, 4.69) is 110 Å². The van der Waals surface area contributed by atoms with E-state index in [4.69, 9.17) is 0 Å². The third-order valence-corrected chi connectivity index (χ3v) is 10.9. The summed E-state index contributed by atoms with van der Waals surface area (Å²) in [6, 6.07) is 41.8. The first-order chi connectivity index (χ1) is 18.6. The summed E-state index contributed by atoms with van der Waals surface area (Å²) in [6.45, 7) is 1.17. The normalized spacial score (nSPS) is 24.8. The molecule has 2 aliphatic rings. The van der Waals surface area contributed by atoms with E-state index in [0.29, 0.717) is 18.0 Å². The standard InChI is InChI=1S/C35H37FNS/c1-37(33-21-22-34(37)26-28(25-33)27-17-19-32(36)20-18-27)23-24-38-35(29-11-5-2-6-12-29,30-13-7-3-8-14-30)31-15-9-4-10-16-31/h2-20,28,33-34H,21-26H2,1H3/q+1. The quantitative estimate of drug-likeness (QED) is 0.165. The van der Waals surface area contributed by atoms with Crippen molar-refractivity contribution in [2.75, 3.05) is 19.3 Å². The maximum atomic E-state index is 13.5. The maximum Gasteiger partial charge on any atom is 0.123 e. The smallest absolute Gasteiger partial charge is 0.123 e. The number of rotatable bonds is 8. The topological polar surface area (TPSA) is 0 Å². The van der Waals surface area contributed by atoms with Crippen molar-refractivity contribution in [2.45, 2.75) is 48.4 Å². The molecule has 2 saturated heterocycles. The molecule has 2 aliphatic heterocycles. The second-order valence-corrected chi connectivity index (χ2v) is 12.6. The molecule has 38 heavy (non-hydrogen) atoms. The number of fused-ring (bicyclic) bond motifs is 2. The SMILES string of the molecule is C[N+]1(CCSC(c2ccccc2)(c2ccccc2)c2ccccc2)C2CCC1CC(c1ccc(F)cc1)C2. The Balaban J connectivity index is 1.28. The van der Waals surface area contributed by atoms with Crippen LogP contribution in [0.1, 0.15) is 53.9 Å². The van der Waals surface area contributed by atoms with Crippen LogP contribution in [0.2, 0.25) is 0 Å². The Morgan fingerprint density at radius 1 is 0.684 bits per heavy atom. The van der Waals surface area contributed by atoms with E-state index < -0.39 is 0 Å². The molecule has 0 amide bonds. The molecule has 0 spiro atoms. The van der Waals surface area contributed by atoms with Gasteiger partial charge in [-0.1, -0.05) is 103 Å². The zero-order valence-electron chi connectivity index (χ0n) is 22.2. The zero-order chi connectivity index (χ0) is 26.0. The monoisotopic (exact) mass is 522 g/mol. The van der Waals surface area contributed by atoms with Gasteiger partial charge < -0.3 is 4.48 Å². The minimum absolute atomic E-state index is 0.135. The third kappa shape index (κ3) is 4.61. The van der Waals surface area contributed by atoms with Crippen LogP contribution in [-0.4, -0.2) is 35.9 Å². The van der Waals surface area contributed by atoms with E-state index in [1.807, 2.05) is 12.1 Å². The van der Waals surface area contributed by atoms with Crippen molar-refractivity contribution in [1.29, 1.82) is 0 Å². The molecule has 194 valence electrons. The summed E-state index contributed by atoms with van der Waals surface area (Å²) in [6.07, 6.45) is 5.05. The summed E-state index contributed by atoms with van der Waals surface area (Å²) in [7, 11) is 2.51. The van der Waals surface area contributed by atoms with Gasteiger partial charge in [-0.15, -0.1) is 11.8 Å². The predicted molar refractivity (Wildman–Crippen MR) is 158 cm³/mol. The molecule has 2 bridgehead atoms. The molecule has 2 unspecified atom stereocenters. The Morgan fingerprint density at radius 3 is 1.58 bits per heavy atom. The molecule has 2 atom stereocenters. The molecule has 2 heterocycles. The summed E-state index contributed by atoms with van der Waals surface area (Å²) >= 11 is 2.09. The van der Waals surface area contributed by atoms with E-state index in [0.717, 1.165) is 5.75 Å². The van der Waals surface area contributed by atoms with Crippen LogP contribution >= 0.6 is 11.8 Å². The number of nitrogens with zero attached hydrogens (tertiary/aromatic N) is 1. The minimum Gasteiger partial charge on any atom is -0.320 e. The molecule has 0 saturated carbocycles. The van der Waals surface area contributed by atoms with Crippen LogP contribution < -0.4 is 0 Å². The minimum atomic E-state index is -0.256. The van der Waals surface area contributed by atoms with Crippen molar-refractivity contribution >= 4 is 11.8 Å². The van der Waals surface area contributed by atoms with Crippen LogP contribution in [0, 0.1) is 5.82 Å². The van der Waals surface area contributed by atoms with Gasteiger partial charge in [-0.2, -0.15) is 0 Å². The highest BCUT2D eigenvalue weighted by atomic mass is 32.2. The number of halogens is 1. The molecule has 4 aromatic carbocycles. The predicted octanol–water partition coefficient (Wildman–Crippen LogP) is 8.41. The van der Waals surface area contributed by atoms with Crippen molar-refractivity contribution in [1.82, 2.24) is 0 Å².